The Morgan fingerprint density at radius 3 is 2.76 bits per heavy atom. The van der Waals surface area contributed by atoms with Crippen molar-refractivity contribution in [3.05, 3.63) is 51.9 Å². The minimum absolute atomic E-state index is 0.0745. The predicted molar refractivity (Wildman–Crippen MR) is 109 cm³/mol. The Kier molecular flexibility index (Phi) is 4.58. The lowest BCUT2D eigenvalue weighted by molar-refractivity contribution is 0.446. The molecule has 0 unspecified atom stereocenters. The summed E-state index contributed by atoms with van der Waals surface area (Å²) in [5, 5.41) is 0.363. The zero-order valence-corrected chi connectivity index (χ0v) is 16.5. The molecule has 4 aromatic heterocycles. The summed E-state index contributed by atoms with van der Waals surface area (Å²) in [4.78, 5) is 26.6. The molecule has 1 saturated carbocycles. The van der Waals surface area contributed by atoms with Gasteiger partial charge in [-0.1, -0.05) is 11.6 Å². The number of fused-ring (bicyclic) bond motifs is 2. The fourth-order valence-electron chi connectivity index (χ4n) is 3.84. The molecule has 1 aliphatic rings. The fourth-order valence-corrected chi connectivity index (χ4v) is 3.99. The van der Waals surface area contributed by atoms with Gasteiger partial charge in [0.05, 0.1) is 24.3 Å². The van der Waals surface area contributed by atoms with Crippen molar-refractivity contribution in [3.63, 3.8) is 0 Å². The molecule has 9 heteroatoms. The highest BCUT2D eigenvalue weighted by Gasteiger charge is 2.29. The molecule has 0 atom stereocenters. The van der Waals surface area contributed by atoms with Crippen LogP contribution in [0.1, 0.15) is 37.5 Å². The lowest BCUT2D eigenvalue weighted by atomic mass is 10.3. The van der Waals surface area contributed by atoms with E-state index in [9.17, 15) is 9.18 Å². The molecule has 0 N–H and O–H groups in total. The minimum atomic E-state index is -0.357. The Hall–Kier alpha value is -2.74. The summed E-state index contributed by atoms with van der Waals surface area (Å²) < 4.78 is 18.2. The Morgan fingerprint density at radius 1 is 1.10 bits per heavy atom. The zero-order chi connectivity index (χ0) is 20.0. The van der Waals surface area contributed by atoms with E-state index in [1.54, 1.807) is 16.8 Å². The van der Waals surface area contributed by atoms with Gasteiger partial charge >= 0.3 is 5.69 Å². The topological polar surface area (TPSA) is 70.5 Å². The molecule has 150 valence electrons. The van der Waals surface area contributed by atoms with Gasteiger partial charge in [-0.15, -0.1) is 0 Å². The van der Waals surface area contributed by atoms with Crippen LogP contribution in [-0.4, -0.2) is 35.3 Å². The van der Waals surface area contributed by atoms with Gasteiger partial charge in [0.2, 0.25) is 0 Å². The second kappa shape index (κ2) is 7.26. The van der Waals surface area contributed by atoms with E-state index in [-0.39, 0.29) is 25.0 Å². The van der Waals surface area contributed by atoms with E-state index in [1.807, 2.05) is 27.3 Å². The third-order valence-corrected chi connectivity index (χ3v) is 5.56. The normalized spacial score (nSPS) is 14.3. The molecule has 0 radical (unpaired) electrons. The maximum atomic E-state index is 13.2. The number of alkyl halides is 1. The molecule has 4 heterocycles. The van der Waals surface area contributed by atoms with E-state index < -0.39 is 0 Å². The van der Waals surface area contributed by atoms with Gasteiger partial charge in [-0.05, 0) is 49.9 Å². The molecule has 4 aromatic rings. The van der Waals surface area contributed by atoms with Gasteiger partial charge in [-0.25, -0.2) is 19.7 Å². The second-order valence-corrected chi connectivity index (χ2v) is 7.76. The quantitative estimate of drug-likeness (QED) is 0.341. The molecule has 7 nitrogen and oxygen atoms in total. The molecular weight excluding hydrogens is 395 g/mol. The Balaban J connectivity index is 1.63. The van der Waals surface area contributed by atoms with Gasteiger partial charge in [-0.2, -0.15) is 0 Å². The molecular formula is C20H20ClFN6O. The summed E-state index contributed by atoms with van der Waals surface area (Å²) in [6.07, 6.45) is 4.87. The first-order valence-electron chi connectivity index (χ1n) is 9.80. The van der Waals surface area contributed by atoms with Crippen LogP contribution < -0.4 is 5.69 Å². The van der Waals surface area contributed by atoms with E-state index in [2.05, 4.69) is 15.0 Å². The molecule has 29 heavy (non-hydrogen) atoms. The van der Waals surface area contributed by atoms with E-state index >= 15 is 0 Å². The van der Waals surface area contributed by atoms with Crippen LogP contribution in [0.15, 0.2) is 35.3 Å². The highest BCUT2D eigenvalue weighted by Crippen LogP contribution is 2.35. The number of nitrogens with zero attached hydrogens (tertiary/aromatic N) is 6. The van der Waals surface area contributed by atoms with Crippen LogP contribution in [0, 0.1) is 0 Å². The van der Waals surface area contributed by atoms with Crippen LogP contribution in [0.5, 0.6) is 0 Å². The SMILES string of the molecule is O=c1n(Cc2nc3nc(Cl)ccc3n2CCCCF)c2ncccc2n1C1CC1. The van der Waals surface area contributed by atoms with Crippen LogP contribution in [0.4, 0.5) is 4.39 Å². The summed E-state index contributed by atoms with van der Waals surface area (Å²) >= 11 is 6.04. The average molecular weight is 415 g/mol. The van der Waals surface area contributed by atoms with Crippen molar-refractivity contribution in [2.24, 2.45) is 0 Å². The number of unbranched alkanes of at least 4 members (excludes halogenated alkanes) is 1. The van der Waals surface area contributed by atoms with Crippen LogP contribution in [0.2, 0.25) is 5.15 Å². The number of aryl methyl sites for hydroxylation is 1. The van der Waals surface area contributed by atoms with Crippen LogP contribution in [0.25, 0.3) is 22.3 Å². The smallest absolute Gasteiger partial charge is 0.325 e. The van der Waals surface area contributed by atoms with E-state index in [0.29, 0.717) is 41.7 Å². The number of pyridine rings is 2. The lowest BCUT2D eigenvalue weighted by Crippen LogP contribution is -2.25. The van der Waals surface area contributed by atoms with Crippen molar-refractivity contribution in [2.75, 3.05) is 6.67 Å². The largest absolute Gasteiger partial charge is 0.331 e. The highest BCUT2D eigenvalue weighted by atomic mass is 35.5. The van der Waals surface area contributed by atoms with Gasteiger partial charge in [0.15, 0.2) is 11.3 Å². The summed E-state index contributed by atoms with van der Waals surface area (Å²) in [7, 11) is 0. The van der Waals surface area contributed by atoms with E-state index in [0.717, 1.165) is 23.9 Å². The van der Waals surface area contributed by atoms with Crippen molar-refractivity contribution in [3.8, 4) is 0 Å². The van der Waals surface area contributed by atoms with Gasteiger partial charge in [0, 0.05) is 18.8 Å². The molecule has 0 amide bonds. The number of hydrogen-bond donors (Lipinski definition) is 0. The van der Waals surface area contributed by atoms with Gasteiger partial charge in [-0.3, -0.25) is 13.5 Å². The van der Waals surface area contributed by atoms with Crippen LogP contribution in [-0.2, 0) is 13.1 Å². The number of rotatable bonds is 7. The molecule has 0 spiro atoms. The molecule has 0 saturated heterocycles. The number of halogens is 2. The van der Waals surface area contributed by atoms with Gasteiger partial charge in [0.25, 0.3) is 0 Å². The fraction of sp³-hybridized carbons (Fsp3) is 0.400. The highest BCUT2D eigenvalue weighted by molar-refractivity contribution is 6.29. The Labute approximate surface area is 170 Å². The molecule has 5 rings (SSSR count). The third-order valence-electron chi connectivity index (χ3n) is 5.35. The zero-order valence-electron chi connectivity index (χ0n) is 15.8. The third kappa shape index (κ3) is 3.21. The Morgan fingerprint density at radius 2 is 1.97 bits per heavy atom. The van der Waals surface area contributed by atoms with Crippen molar-refractivity contribution < 1.29 is 4.39 Å². The van der Waals surface area contributed by atoms with Crippen molar-refractivity contribution >= 4 is 33.9 Å². The van der Waals surface area contributed by atoms with Crippen LogP contribution in [0.3, 0.4) is 0 Å². The first kappa shape index (κ1) is 18.3. The van der Waals surface area contributed by atoms with Crippen LogP contribution >= 0.6 is 11.6 Å². The van der Waals surface area contributed by atoms with Gasteiger partial charge in [0.1, 0.15) is 11.0 Å². The minimum Gasteiger partial charge on any atom is -0.325 e. The summed E-state index contributed by atoms with van der Waals surface area (Å²) in [5.74, 6) is 0.691. The molecule has 1 aliphatic carbocycles. The first-order chi connectivity index (χ1) is 14.2. The van der Waals surface area contributed by atoms with E-state index in [1.165, 1.54) is 0 Å². The molecule has 1 fully saturated rings. The number of hydrogen-bond acceptors (Lipinski definition) is 4. The Bertz CT molecular complexity index is 1260. The summed E-state index contributed by atoms with van der Waals surface area (Å²) in [6.45, 7) is 0.516. The van der Waals surface area contributed by atoms with Gasteiger partial charge < -0.3 is 4.57 Å². The monoisotopic (exact) mass is 414 g/mol. The average Bonchev–Trinajstić information content (AvgIpc) is 3.44. The maximum absolute atomic E-state index is 13.2. The second-order valence-electron chi connectivity index (χ2n) is 7.37. The lowest BCUT2D eigenvalue weighted by Gasteiger charge is -2.09. The number of imidazole rings is 2. The van der Waals surface area contributed by atoms with Crippen molar-refractivity contribution in [1.29, 1.82) is 0 Å². The first-order valence-corrected chi connectivity index (χ1v) is 10.2. The summed E-state index contributed by atoms with van der Waals surface area (Å²) in [6, 6.07) is 7.62. The van der Waals surface area contributed by atoms with Crippen molar-refractivity contribution in [2.45, 2.75) is 44.8 Å². The van der Waals surface area contributed by atoms with Crippen molar-refractivity contribution in [1.82, 2.24) is 28.7 Å². The number of aromatic nitrogens is 6. The summed E-state index contributed by atoms with van der Waals surface area (Å²) in [5.41, 5.74) is 2.78. The maximum Gasteiger partial charge on any atom is 0.331 e. The molecule has 0 bridgehead atoms. The molecule has 0 aromatic carbocycles. The predicted octanol–water partition coefficient (Wildman–Crippen LogP) is 3.73. The molecule has 0 aliphatic heterocycles. The standard InChI is InChI=1S/C20H20ClFN6O/c21-16-8-7-14-18(24-16)25-17(26(14)11-2-1-9-22)12-27-19-15(4-3-10-23-19)28(20(27)29)13-5-6-13/h3-4,7-8,10,13H,1-2,5-6,9,11-12H2. The van der Waals surface area contributed by atoms with E-state index in [4.69, 9.17) is 11.6 Å².